The number of aryl methyl sites for hydroxylation is 3. The highest BCUT2D eigenvalue weighted by Gasteiger charge is 2.20. The number of amides is 1. The summed E-state index contributed by atoms with van der Waals surface area (Å²) in [7, 11) is 0. The summed E-state index contributed by atoms with van der Waals surface area (Å²) in [5, 5.41) is 3.67. The Morgan fingerprint density at radius 2 is 1.93 bits per heavy atom. The van der Waals surface area contributed by atoms with Gasteiger partial charge >= 0.3 is 0 Å². The average Bonchev–Trinajstić information content (AvgIpc) is 3.06. The Bertz CT molecular complexity index is 1030. The van der Waals surface area contributed by atoms with Gasteiger partial charge in [-0.25, -0.2) is 4.98 Å². The molecule has 2 heterocycles. The molecule has 0 saturated heterocycles. The molecule has 0 aliphatic heterocycles. The van der Waals surface area contributed by atoms with Gasteiger partial charge in [0.1, 0.15) is 10.7 Å². The lowest BCUT2D eigenvalue weighted by molar-refractivity contribution is -0.115. The largest absolute Gasteiger partial charge is 0.356 e. The van der Waals surface area contributed by atoms with Gasteiger partial charge in [0.15, 0.2) is 5.78 Å². The van der Waals surface area contributed by atoms with E-state index >= 15 is 0 Å². The molecule has 3 aromatic rings. The molecule has 0 aliphatic rings. The van der Waals surface area contributed by atoms with Gasteiger partial charge in [0.2, 0.25) is 5.91 Å². The summed E-state index contributed by atoms with van der Waals surface area (Å²) in [6.07, 6.45) is 0.220. The second-order valence-electron chi connectivity index (χ2n) is 6.79. The van der Waals surface area contributed by atoms with Crippen LogP contribution in [0.15, 0.2) is 24.3 Å². The summed E-state index contributed by atoms with van der Waals surface area (Å²) in [6.45, 7) is 9.37. The monoisotopic (exact) mass is 381 g/mol. The number of nitrogens with zero attached hydrogens (tertiary/aromatic N) is 1. The molecular formula is C21H23N3O2S. The molecule has 1 amide bonds. The van der Waals surface area contributed by atoms with Gasteiger partial charge in [-0.15, -0.1) is 11.3 Å². The number of carbonyl (C=O) groups is 2. The molecule has 0 radical (unpaired) electrons. The van der Waals surface area contributed by atoms with Crippen LogP contribution in [0.5, 0.6) is 0 Å². The van der Waals surface area contributed by atoms with Crippen molar-refractivity contribution in [2.75, 3.05) is 5.32 Å². The molecule has 0 atom stereocenters. The first-order chi connectivity index (χ1) is 12.8. The maximum atomic E-state index is 12.4. The Morgan fingerprint density at radius 3 is 2.56 bits per heavy atom. The van der Waals surface area contributed by atoms with E-state index in [-0.39, 0.29) is 18.1 Å². The molecule has 0 unspecified atom stereocenters. The first kappa shape index (κ1) is 19.0. The summed E-state index contributed by atoms with van der Waals surface area (Å²) >= 11 is 1.51. The lowest BCUT2D eigenvalue weighted by Crippen LogP contribution is -2.14. The van der Waals surface area contributed by atoms with Crippen LogP contribution in [0.2, 0.25) is 0 Å². The number of H-pyrrole nitrogens is 1. The van der Waals surface area contributed by atoms with E-state index in [9.17, 15) is 9.59 Å². The van der Waals surface area contributed by atoms with Gasteiger partial charge in [-0.2, -0.15) is 0 Å². The minimum atomic E-state index is -0.0929. The molecule has 1 aromatic carbocycles. The molecule has 140 valence electrons. The molecule has 27 heavy (non-hydrogen) atoms. The summed E-state index contributed by atoms with van der Waals surface area (Å²) < 4.78 is 0. The number of aromatic amines is 1. The molecule has 0 spiro atoms. The van der Waals surface area contributed by atoms with E-state index < -0.39 is 0 Å². The third-order valence-electron chi connectivity index (χ3n) is 4.48. The molecule has 3 rings (SSSR count). The number of hydrogen-bond acceptors (Lipinski definition) is 4. The SMILES string of the molecule is CC(=O)c1c(C)[nH]c(-c2nc(CC(=O)Nc3cccc(C)c3)sc2C)c1C. The van der Waals surface area contributed by atoms with E-state index in [2.05, 4.69) is 15.3 Å². The van der Waals surface area contributed by atoms with Crippen molar-refractivity contribution in [2.24, 2.45) is 0 Å². The average molecular weight is 382 g/mol. The molecule has 0 saturated carbocycles. The van der Waals surface area contributed by atoms with Crippen molar-refractivity contribution in [3.8, 4) is 11.4 Å². The smallest absolute Gasteiger partial charge is 0.231 e. The van der Waals surface area contributed by atoms with E-state index in [0.29, 0.717) is 0 Å². The van der Waals surface area contributed by atoms with Crippen molar-refractivity contribution in [1.29, 1.82) is 0 Å². The summed E-state index contributed by atoms with van der Waals surface area (Å²) in [4.78, 5) is 33.2. The predicted octanol–water partition coefficient (Wildman–Crippen LogP) is 4.76. The highest BCUT2D eigenvalue weighted by molar-refractivity contribution is 7.12. The van der Waals surface area contributed by atoms with Gasteiger partial charge in [0.25, 0.3) is 0 Å². The van der Waals surface area contributed by atoms with Gasteiger partial charge in [-0.05, 0) is 57.9 Å². The van der Waals surface area contributed by atoms with Crippen LogP contribution in [0.25, 0.3) is 11.4 Å². The third kappa shape index (κ3) is 4.01. The number of carbonyl (C=O) groups excluding carboxylic acids is 2. The number of anilines is 1. The molecule has 0 aliphatic carbocycles. The van der Waals surface area contributed by atoms with Crippen molar-refractivity contribution < 1.29 is 9.59 Å². The van der Waals surface area contributed by atoms with Crippen molar-refractivity contribution >= 4 is 28.7 Å². The van der Waals surface area contributed by atoms with Crippen LogP contribution in [0.1, 0.15) is 44.0 Å². The van der Waals surface area contributed by atoms with E-state index in [0.717, 1.165) is 49.3 Å². The molecular weight excluding hydrogens is 358 g/mol. The highest BCUT2D eigenvalue weighted by Crippen LogP contribution is 2.32. The summed E-state index contributed by atoms with van der Waals surface area (Å²) in [5.41, 5.74) is 6.03. The number of aromatic nitrogens is 2. The topological polar surface area (TPSA) is 74.8 Å². The first-order valence-corrected chi connectivity index (χ1v) is 9.61. The lowest BCUT2D eigenvalue weighted by Gasteiger charge is -2.04. The van der Waals surface area contributed by atoms with Crippen LogP contribution < -0.4 is 5.32 Å². The molecule has 2 aromatic heterocycles. The van der Waals surface area contributed by atoms with Crippen LogP contribution in [0.3, 0.4) is 0 Å². The molecule has 0 fully saturated rings. The Kier molecular flexibility index (Phi) is 5.28. The van der Waals surface area contributed by atoms with Crippen molar-refractivity contribution in [3.63, 3.8) is 0 Å². The zero-order valence-electron chi connectivity index (χ0n) is 16.2. The van der Waals surface area contributed by atoms with E-state index in [4.69, 9.17) is 0 Å². The second kappa shape index (κ2) is 7.48. The van der Waals surface area contributed by atoms with Gasteiger partial charge in [-0.3, -0.25) is 9.59 Å². The number of Topliss-reactive ketones (excluding diaryl/α,β-unsaturated/α-hetero) is 1. The Morgan fingerprint density at radius 1 is 1.19 bits per heavy atom. The van der Waals surface area contributed by atoms with Crippen LogP contribution in [-0.4, -0.2) is 21.7 Å². The maximum Gasteiger partial charge on any atom is 0.231 e. The first-order valence-electron chi connectivity index (χ1n) is 8.79. The maximum absolute atomic E-state index is 12.4. The number of benzene rings is 1. The van der Waals surface area contributed by atoms with E-state index in [1.165, 1.54) is 11.3 Å². The van der Waals surface area contributed by atoms with Crippen molar-refractivity contribution in [1.82, 2.24) is 9.97 Å². The standard InChI is InChI=1S/C21H23N3O2S/c1-11-7-6-8-16(9-11)23-17(26)10-18-24-21(15(5)27-18)20-12(2)19(14(4)25)13(3)22-20/h6-9,22H,10H2,1-5H3,(H,23,26). The quantitative estimate of drug-likeness (QED) is 0.626. The zero-order chi connectivity index (χ0) is 19.7. The normalized spacial score (nSPS) is 10.9. The summed E-state index contributed by atoms with van der Waals surface area (Å²) in [6, 6.07) is 7.71. The number of nitrogens with one attached hydrogen (secondary N) is 2. The molecule has 6 heteroatoms. The molecule has 0 bridgehead atoms. The number of hydrogen-bond donors (Lipinski definition) is 2. The van der Waals surface area contributed by atoms with Gasteiger partial charge < -0.3 is 10.3 Å². The van der Waals surface area contributed by atoms with Crippen LogP contribution >= 0.6 is 11.3 Å². The lowest BCUT2D eigenvalue weighted by atomic mass is 10.1. The van der Waals surface area contributed by atoms with E-state index in [1.807, 2.05) is 52.0 Å². The second-order valence-corrected chi connectivity index (χ2v) is 8.08. The number of thiazole rings is 1. The Balaban J connectivity index is 1.82. The fourth-order valence-electron chi connectivity index (χ4n) is 3.34. The number of rotatable bonds is 5. The van der Waals surface area contributed by atoms with Gasteiger partial charge in [-0.1, -0.05) is 12.1 Å². The zero-order valence-corrected chi connectivity index (χ0v) is 17.0. The number of ketones is 1. The summed E-state index contributed by atoms with van der Waals surface area (Å²) in [5.74, 6) is -0.0529. The van der Waals surface area contributed by atoms with Crippen LogP contribution in [0, 0.1) is 27.7 Å². The minimum absolute atomic E-state index is 0.0399. The Labute approximate surface area is 162 Å². The van der Waals surface area contributed by atoms with Crippen LogP contribution in [-0.2, 0) is 11.2 Å². The van der Waals surface area contributed by atoms with E-state index in [1.54, 1.807) is 6.92 Å². The minimum Gasteiger partial charge on any atom is -0.356 e. The van der Waals surface area contributed by atoms with Gasteiger partial charge in [0.05, 0.1) is 12.1 Å². The fourth-order valence-corrected chi connectivity index (χ4v) is 4.28. The van der Waals surface area contributed by atoms with Crippen molar-refractivity contribution in [3.05, 3.63) is 56.5 Å². The Hall–Kier alpha value is -2.73. The molecule has 5 nitrogen and oxygen atoms in total. The highest BCUT2D eigenvalue weighted by atomic mass is 32.1. The third-order valence-corrected chi connectivity index (χ3v) is 5.45. The van der Waals surface area contributed by atoms with Crippen molar-refractivity contribution in [2.45, 2.75) is 41.0 Å². The predicted molar refractivity (Wildman–Crippen MR) is 110 cm³/mol. The molecule has 2 N–H and O–H groups in total. The fraction of sp³-hybridized carbons (Fsp3) is 0.286. The van der Waals surface area contributed by atoms with Crippen LogP contribution in [0.4, 0.5) is 5.69 Å². The van der Waals surface area contributed by atoms with Gasteiger partial charge in [0, 0.05) is 21.8 Å².